The van der Waals surface area contributed by atoms with Gasteiger partial charge in [0.15, 0.2) is 0 Å². The Kier molecular flexibility index (Phi) is 5.09. The summed E-state index contributed by atoms with van der Waals surface area (Å²) in [6, 6.07) is 2.34. The van der Waals surface area contributed by atoms with Gasteiger partial charge in [0.05, 0.1) is 17.2 Å². The summed E-state index contributed by atoms with van der Waals surface area (Å²) < 4.78 is 38.3. The van der Waals surface area contributed by atoms with Gasteiger partial charge in [0.1, 0.15) is 6.10 Å². The number of aliphatic hydroxyl groups is 2. The van der Waals surface area contributed by atoms with Crippen LogP contribution in [0.5, 0.6) is 0 Å². The van der Waals surface area contributed by atoms with E-state index in [0.717, 1.165) is 12.1 Å². The maximum absolute atomic E-state index is 12.8. The quantitative estimate of drug-likeness (QED) is 0.651. The Balaban J connectivity index is 3.23. The summed E-state index contributed by atoms with van der Waals surface area (Å²) in [6.07, 6.45) is -7.72. The van der Waals surface area contributed by atoms with Crippen molar-refractivity contribution in [1.82, 2.24) is 5.32 Å². The number of carboxylic acids is 1. The molecule has 0 saturated carbocycles. The Morgan fingerprint density at radius 3 is 2.40 bits per heavy atom. The lowest BCUT2D eigenvalue weighted by Gasteiger charge is -2.19. The number of likely N-dealkylation sites (N-methyl/N-ethyl adjacent to an activating group) is 1. The van der Waals surface area contributed by atoms with Crippen molar-refractivity contribution >= 4 is 5.97 Å². The van der Waals surface area contributed by atoms with Gasteiger partial charge in [-0.15, -0.1) is 0 Å². The SMILES string of the molecule is CNCC(O)C(O)c1ccc(C(=O)O)c(C(F)(F)F)c1. The van der Waals surface area contributed by atoms with Gasteiger partial charge in [-0.3, -0.25) is 0 Å². The van der Waals surface area contributed by atoms with Gasteiger partial charge in [-0.2, -0.15) is 13.2 Å². The van der Waals surface area contributed by atoms with E-state index in [1.54, 1.807) is 0 Å². The highest BCUT2D eigenvalue weighted by Gasteiger charge is 2.36. The van der Waals surface area contributed by atoms with E-state index >= 15 is 0 Å². The number of nitrogens with one attached hydrogen (secondary N) is 1. The second kappa shape index (κ2) is 6.21. The van der Waals surface area contributed by atoms with E-state index in [2.05, 4.69) is 5.32 Å². The molecule has 0 amide bonds. The van der Waals surface area contributed by atoms with Crippen LogP contribution in [-0.2, 0) is 6.18 Å². The third-order valence-corrected chi connectivity index (χ3v) is 2.70. The normalized spacial score (nSPS) is 14.9. The van der Waals surface area contributed by atoms with Crippen LogP contribution in [0.15, 0.2) is 18.2 Å². The molecule has 0 aliphatic carbocycles. The third-order valence-electron chi connectivity index (χ3n) is 2.70. The average molecular weight is 293 g/mol. The molecule has 2 unspecified atom stereocenters. The Labute approximate surface area is 112 Å². The molecule has 1 aromatic carbocycles. The molecule has 0 aliphatic heterocycles. The molecule has 2 atom stereocenters. The Bertz CT molecular complexity index is 490. The van der Waals surface area contributed by atoms with Gasteiger partial charge < -0.3 is 20.6 Å². The zero-order valence-electron chi connectivity index (χ0n) is 10.5. The Hall–Kier alpha value is -1.64. The summed E-state index contributed by atoms with van der Waals surface area (Å²) in [7, 11) is 1.50. The number of aliphatic hydroxyl groups excluding tert-OH is 2. The lowest BCUT2D eigenvalue weighted by molar-refractivity contribution is -0.138. The highest BCUT2D eigenvalue weighted by molar-refractivity contribution is 5.89. The number of rotatable bonds is 5. The molecule has 1 aromatic rings. The molecule has 112 valence electrons. The minimum Gasteiger partial charge on any atom is -0.478 e. The molecule has 0 fully saturated rings. The average Bonchev–Trinajstić information content (AvgIpc) is 2.36. The van der Waals surface area contributed by atoms with E-state index in [1.165, 1.54) is 7.05 Å². The molecule has 20 heavy (non-hydrogen) atoms. The lowest BCUT2D eigenvalue weighted by Crippen LogP contribution is -2.29. The highest BCUT2D eigenvalue weighted by atomic mass is 19.4. The van der Waals surface area contributed by atoms with Crippen LogP contribution in [0.4, 0.5) is 13.2 Å². The predicted molar refractivity (Wildman–Crippen MR) is 63.3 cm³/mol. The summed E-state index contributed by atoms with van der Waals surface area (Å²) in [5.41, 5.74) is -2.47. The third kappa shape index (κ3) is 3.69. The summed E-state index contributed by atoms with van der Waals surface area (Å²) in [5, 5.41) is 30.6. The van der Waals surface area contributed by atoms with E-state index in [4.69, 9.17) is 5.11 Å². The van der Waals surface area contributed by atoms with Crippen molar-refractivity contribution in [3.05, 3.63) is 34.9 Å². The maximum Gasteiger partial charge on any atom is 0.417 e. The number of carbonyl (C=O) groups is 1. The van der Waals surface area contributed by atoms with Crippen LogP contribution in [0.25, 0.3) is 0 Å². The fourth-order valence-corrected chi connectivity index (χ4v) is 1.71. The Morgan fingerprint density at radius 1 is 1.35 bits per heavy atom. The molecular formula is C12H14F3NO4. The second-order valence-electron chi connectivity index (χ2n) is 4.18. The zero-order valence-corrected chi connectivity index (χ0v) is 10.5. The maximum atomic E-state index is 12.8. The van der Waals surface area contributed by atoms with E-state index in [1.807, 2.05) is 0 Å². The van der Waals surface area contributed by atoms with Crippen LogP contribution >= 0.6 is 0 Å². The van der Waals surface area contributed by atoms with Crippen LogP contribution in [0.3, 0.4) is 0 Å². The van der Waals surface area contributed by atoms with Crippen LogP contribution in [0.1, 0.15) is 27.6 Å². The van der Waals surface area contributed by atoms with Crippen molar-refractivity contribution in [2.75, 3.05) is 13.6 Å². The van der Waals surface area contributed by atoms with E-state index < -0.39 is 35.5 Å². The molecule has 5 nitrogen and oxygen atoms in total. The molecule has 0 bridgehead atoms. The molecule has 0 aromatic heterocycles. The van der Waals surface area contributed by atoms with Crippen molar-refractivity contribution in [1.29, 1.82) is 0 Å². The molecule has 1 rings (SSSR count). The number of carboxylic acid groups (broad SMARTS) is 1. The van der Waals surface area contributed by atoms with Gasteiger partial charge >= 0.3 is 12.1 Å². The van der Waals surface area contributed by atoms with Gasteiger partial charge in [-0.05, 0) is 24.7 Å². The summed E-state index contributed by atoms with van der Waals surface area (Å²) in [6.45, 7) is -0.0246. The number of aromatic carboxylic acids is 1. The van der Waals surface area contributed by atoms with Crippen molar-refractivity contribution in [3.63, 3.8) is 0 Å². The molecule has 4 N–H and O–H groups in total. The zero-order chi connectivity index (χ0) is 15.5. The predicted octanol–water partition coefficient (Wildman–Crippen LogP) is 1.02. The second-order valence-corrected chi connectivity index (χ2v) is 4.18. The molecular weight excluding hydrogens is 279 g/mol. The highest BCUT2D eigenvalue weighted by Crippen LogP contribution is 2.34. The topological polar surface area (TPSA) is 89.8 Å². The number of benzene rings is 1. The fourth-order valence-electron chi connectivity index (χ4n) is 1.71. The minimum atomic E-state index is -4.86. The van der Waals surface area contributed by atoms with E-state index in [-0.39, 0.29) is 12.1 Å². The molecule has 0 spiro atoms. The first-order valence-electron chi connectivity index (χ1n) is 5.63. The van der Waals surface area contributed by atoms with Crippen LogP contribution < -0.4 is 5.32 Å². The first-order chi connectivity index (χ1) is 9.18. The minimum absolute atomic E-state index is 0.0246. The largest absolute Gasteiger partial charge is 0.478 e. The standard InChI is InChI=1S/C12H14F3NO4/c1-16-5-9(17)10(18)6-2-3-7(11(19)20)8(4-6)12(13,14)15/h2-4,9-10,16-18H,5H2,1H3,(H,19,20). The van der Waals surface area contributed by atoms with Gasteiger partial charge in [0.2, 0.25) is 0 Å². The van der Waals surface area contributed by atoms with Gasteiger partial charge in [-0.1, -0.05) is 6.07 Å². The van der Waals surface area contributed by atoms with Gasteiger partial charge in [0.25, 0.3) is 0 Å². The number of alkyl halides is 3. The van der Waals surface area contributed by atoms with E-state index in [9.17, 15) is 28.2 Å². The van der Waals surface area contributed by atoms with Crippen LogP contribution in [-0.4, -0.2) is 41.0 Å². The lowest BCUT2D eigenvalue weighted by atomic mass is 9.98. The number of hydrogen-bond donors (Lipinski definition) is 4. The van der Waals surface area contributed by atoms with Crippen LogP contribution in [0.2, 0.25) is 0 Å². The fraction of sp³-hybridized carbons (Fsp3) is 0.417. The summed E-state index contributed by atoms with van der Waals surface area (Å²) >= 11 is 0. The monoisotopic (exact) mass is 293 g/mol. The van der Waals surface area contributed by atoms with Crippen LogP contribution in [0, 0.1) is 0 Å². The van der Waals surface area contributed by atoms with Crippen molar-refractivity contribution in [2.45, 2.75) is 18.4 Å². The molecule has 8 heteroatoms. The molecule has 0 radical (unpaired) electrons. The molecule has 0 heterocycles. The van der Waals surface area contributed by atoms with E-state index in [0.29, 0.717) is 6.07 Å². The smallest absolute Gasteiger partial charge is 0.417 e. The van der Waals surface area contributed by atoms with Crippen molar-refractivity contribution in [3.8, 4) is 0 Å². The first kappa shape index (κ1) is 16.4. The Morgan fingerprint density at radius 2 is 1.95 bits per heavy atom. The summed E-state index contributed by atoms with van der Waals surface area (Å²) in [4.78, 5) is 10.8. The first-order valence-corrected chi connectivity index (χ1v) is 5.63. The van der Waals surface area contributed by atoms with Crippen molar-refractivity contribution < 1.29 is 33.3 Å². The number of hydrogen-bond acceptors (Lipinski definition) is 4. The summed E-state index contributed by atoms with van der Waals surface area (Å²) in [5.74, 6) is -1.71. The molecule has 0 saturated heterocycles. The van der Waals surface area contributed by atoms with Gasteiger partial charge in [-0.25, -0.2) is 4.79 Å². The molecule has 0 aliphatic rings. The number of halogens is 3. The van der Waals surface area contributed by atoms with Gasteiger partial charge in [0, 0.05) is 6.54 Å². The van der Waals surface area contributed by atoms with Crippen molar-refractivity contribution in [2.24, 2.45) is 0 Å².